The van der Waals surface area contributed by atoms with E-state index in [9.17, 15) is 19.5 Å². The number of rotatable bonds is 8. The molecule has 1 aromatic carbocycles. The number of carboxylic acid groups (broad SMARTS) is 2. The molecule has 1 aromatic rings. The summed E-state index contributed by atoms with van der Waals surface area (Å²) < 4.78 is 4.98. The van der Waals surface area contributed by atoms with Crippen molar-refractivity contribution in [1.29, 1.82) is 0 Å². The Bertz CT molecular complexity index is 523. The van der Waals surface area contributed by atoms with Gasteiger partial charge in [0, 0.05) is 5.56 Å². The van der Waals surface area contributed by atoms with Crippen LogP contribution < -0.4 is 5.11 Å². The molecule has 0 aliphatic rings. The summed E-state index contributed by atoms with van der Waals surface area (Å²) in [6, 6.07) is 5.67. The van der Waals surface area contributed by atoms with Crippen LogP contribution in [0.4, 0.5) is 0 Å². The average molecular weight is 293 g/mol. The second kappa shape index (κ2) is 8.04. The average Bonchev–Trinajstić information content (AvgIpc) is 2.46. The molecule has 0 fully saturated rings. The van der Waals surface area contributed by atoms with Gasteiger partial charge in [0.1, 0.15) is 0 Å². The van der Waals surface area contributed by atoms with Gasteiger partial charge in [-0.05, 0) is 25.3 Å². The molecule has 21 heavy (non-hydrogen) atoms. The van der Waals surface area contributed by atoms with Crippen LogP contribution in [0.3, 0.4) is 0 Å². The molecule has 6 heteroatoms. The molecule has 114 valence electrons. The van der Waals surface area contributed by atoms with Crippen molar-refractivity contribution >= 4 is 17.9 Å². The minimum atomic E-state index is -1.43. The van der Waals surface area contributed by atoms with Crippen LogP contribution in [0, 0.1) is 5.92 Å². The van der Waals surface area contributed by atoms with Crippen molar-refractivity contribution in [2.24, 2.45) is 5.92 Å². The molecule has 6 nitrogen and oxygen atoms in total. The maximum atomic E-state index is 11.8. The highest BCUT2D eigenvalue weighted by molar-refractivity contribution is 6.01. The molecule has 0 radical (unpaired) electrons. The van der Waals surface area contributed by atoms with Crippen molar-refractivity contribution < 1.29 is 29.3 Å². The largest absolute Gasteiger partial charge is 0.545 e. The summed E-state index contributed by atoms with van der Waals surface area (Å²) in [4.78, 5) is 33.2. The van der Waals surface area contributed by atoms with Gasteiger partial charge in [-0.1, -0.05) is 25.1 Å². The molecule has 1 N–H and O–H groups in total. The van der Waals surface area contributed by atoms with Crippen LogP contribution in [-0.2, 0) is 9.53 Å². The fraction of sp³-hybridized carbons (Fsp3) is 0.400. The maximum absolute atomic E-state index is 11.8. The lowest BCUT2D eigenvalue weighted by molar-refractivity contribution is -0.255. The molecule has 0 aliphatic carbocycles. The summed E-state index contributed by atoms with van der Waals surface area (Å²) in [7, 11) is 0. The molecule has 0 aliphatic heterocycles. The van der Waals surface area contributed by atoms with Crippen molar-refractivity contribution in [3.8, 4) is 0 Å². The fourth-order valence-corrected chi connectivity index (χ4v) is 1.76. The number of hydrogen-bond acceptors (Lipinski definition) is 5. The zero-order valence-electron chi connectivity index (χ0n) is 11.7. The summed E-state index contributed by atoms with van der Waals surface area (Å²) in [6.45, 7) is 1.73. The third-order valence-corrected chi connectivity index (χ3v) is 3.05. The fourth-order valence-electron chi connectivity index (χ4n) is 1.76. The van der Waals surface area contributed by atoms with Gasteiger partial charge >= 0.3 is 11.9 Å². The van der Waals surface area contributed by atoms with Crippen LogP contribution in [0.25, 0.3) is 0 Å². The summed E-state index contributed by atoms with van der Waals surface area (Å²) in [5, 5.41) is 19.6. The highest BCUT2D eigenvalue weighted by atomic mass is 16.5. The second-order valence-corrected chi connectivity index (χ2v) is 4.70. The zero-order valence-corrected chi connectivity index (χ0v) is 11.7. The maximum Gasteiger partial charge on any atom is 0.338 e. The van der Waals surface area contributed by atoms with E-state index in [2.05, 4.69) is 0 Å². The van der Waals surface area contributed by atoms with Gasteiger partial charge in [-0.15, -0.1) is 0 Å². The number of aromatic carboxylic acids is 1. The van der Waals surface area contributed by atoms with E-state index in [1.807, 2.05) is 0 Å². The first-order valence-electron chi connectivity index (χ1n) is 6.63. The number of unbranched alkanes of at least 4 members (excludes halogenated alkanes) is 1. The summed E-state index contributed by atoms with van der Waals surface area (Å²) in [6.07, 6.45) is 1.64. The number of ether oxygens (including phenoxy) is 1. The second-order valence-electron chi connectivity index (χ2n) is 4.70. The van der Waals surface area contributed by atoms with Gasteiger partial charge in [0.15, 0.2) is 0 Å². The number of esters is 1. The molecule has 0 amide bonds. The summed E-state index contributed by atoms with van der Waals surface area (Å²) >= 11 is 0. The predicted octanol–water partition coefficient (Wildman–Crippen LogP) is 1.10. The van der Waals surface area contributed by atoms with E-state index in [0.717, 1.165) is 0 Å². The first-order valence-corrected chi connectivity index (χ1v) is 6.63. The number of aliphatic carboxylic acids is 1. The first-order chi connectivity index (χ1) is 9.93. The Morgan fingerprint density at radius 3 is 2.38 bits per heavy atom. The van der Waals surface area contributed by atoms with Gasteiger partial charge in [0.2, 0.25) is 0 Å². The minimum Gasteiger partial charge on any atom is -0.545 e. The van der Waals surface area contributed by atoms with E-state index in [-0.39, 0.29) is 17.7 Å². The number of carbonyl (C=O) groups is 3. The van der Waals surface area contributed by atoms with Crippen LogP contribution in [0.2, 0.25) is 0 Å². The Morgan fingerprint density at radius 2 is 1.81 bits per heavy atom. The lowest BCUT2D eigenvalue weighted by Gasteiger charge is -2.10. The molecular weight excluding hydrogens is 276 g/mol. The van der Waals surface area contributed by atoms with Crippen molar-refractivity contribution in [1.82, 2.24) is 0 Å². The molecule has 0 saturated carbocycles. The molecule has 0 spiro atoms. The summed E-state index contributed by atoms with van der Waals surface area (Å²) in [5.41, 5.74) is -0.251. The van der Waals surface area contributed by atoms with E-state index < -0.39 is 23.8 Å². The molecule has 0 aromatic heterocycles. The van der Waals surface area contributed by atoms with Crippen molar-refractivity contribution in [3.63, 3.8) is 0 Å². The van der Waals surface area contributed by atoms with E-state index in [1.165, 1.54) is 24.3 Å². The standard InChI is InChI=1S/C15H18O6/c1-10(13(16)17)6-4-5-9-21-15(20)12-8-3-2-7-11(12)14(18)19/h2-3,7-8,10H,4-6,9H2,1H3,(H,16,17)(H,18,19)/p-1. The smallest absolute Gasteiger partial charge is 0.338 e. The molecular formula is C15H17O6-. The highest BCUT2D eigenvalue weighted by Crippen LogP contribution is 2.11. The van der Waals surface area contributed by atoms with Crippen molar-refractivity contribution in [2.45, 2.75) is 26.2 Å². The molecule has 1 rings (SSSR count). The minimum absolute atomic E-state index is 0.0450. The van der Waals surface area contributed by atoms with Crippen LogP contribution in [-0.4, -0.2) is 29.6 Å². The van der Waals surface area contributed by atoms with Crippen molar-refractivity contribution in [2.75, 3.05) is 6.61 Å². The zero-order chi connectivity index (χ0) is 15.8. The van der Waals surface area contributed by atoms with Gasteiger partial charge < -0.3 is 19.7 Å². The summed E-state index contributed by atoms with van der Waals surface area (Å²) in [5.74, 6) is -3.44. The Labute approximate surface area is 122 Å². The Hall–Kier alpha value is -2.37. The lowest BCUT2D eigenvalue weighted by Crippen LogP contribution is -2.25. The normalized spacial score (nSPS) is 11.7. The van der Waals surface area contributed by atoms with Gasteiger partial charge in [0.25, 0.3) is 0 Å². The molecule has 0 heterocycles. The van der Waals surface area contributed by atoms with E-state index in [1.54, 1.807) is 6.92 Å². The first kappa shape index (κ1) is 16.7. The van der Waals surface area contributed by atoms with Crippen molar-refractivity contribution in [3.05, 3.63) is 35.4 Å². The predicted molar refractivity (Wildman–Crippen MR) is 71.7 cm³/mol. The number of benzene rings is 1. The van der Waals surface area contributed by atoms with Gasteiger partial charge in [0.05, 0.1) is 24.1 Å². The molecule has 1 unspecified atom stereocenters. The topological polar surface area (TPSA) is 104 Å². The van der Waals surface area contributed by atoms with E-state index >= 15 is 0 Å². The quantitative estimate of drug-likeness (QED) is 0.568. The Morgan fingerprint density at radius 1 is 1.19 bits per heavy atom. The Balaban J connectivity index is 2.41. The van der Waals surface area contributed by atoms with Crippen LogP contribution in [0.1, 0.15) is 46.9 Å². The van der Waals surface area contributed by atoms with Gasteiger partial charge in [-0.2, -0.15) is 0 Å². The van der Waals surface area contributed by atoms with Gasteiger partial charge in [-0.3, -0.25) is 4.79 Å². The molecule has 0 saturated heterocycles. The van der Waals surface area contributed by atoms with Crippen LogP contribution in [0.15, 0.2) is 24.3 Å². The number of hydrogen-bond donors (Lipinski definition) is 1. The molecule has 0 bridgehead atoms. The third-order valence-electron chi connectivity index (χ3n) is 3.05. The number of carboxylic acids is 2. The van der Waals surface area contributed by atoms with Gasteiger partial charge in [-0.25, -0.2) is 4.79 Å². The van der Waals surface area contributed by atoms with E-state index in [4.69, 9.17) is 9.84 Å². The van der Waals surface area contributed by atoms with Crippen LogP contribution >= 0.6 is 0 Å². The van der Waals surface area contributed by atoms with Crippen LogP contribution in [0.5, 0.6) is 0 Å². The lowest BCUT2D eigenvalue weighted by atomic mass is 10.1. The number of carbonyl (C=O) groups excluding carboxylic acids is 2. The highest BCUT2D eigenvalue weighted by Gasteiger charge is 2.13. The Kier molecular flexibility index (Phi) is 6.39. The molecule has 1 atom stereocenters. The monoisotopic (exact) mass is 293 g/mol. The third kappa shape index (κ3) is 5.25. The van der Waals surface area contributed by atoms with E-state index in [0.29, 0.717) is 19.3 Å². The SMILES string of the molecule is CC(CCCCOC(=O)c1ccccc1C(=O)[O-])C(=O)O.